The molecular formula is C12H15NO4S. The van der Waals surface area contributed by atoms with E-state index in [0.717, 1.165) is 5.56 Å². The third-order valence-electron chi connectivity index (χ3n) is 3.19. The van der Waals surface area contributed by atoms with Crippen LogP contribution in [0.3, 0.4) is 0 Å². The molecule has 0 aromatic heterocycles. The first kappa shape index (κ1) is 13.0. The van der Waals surface area contributed by atoms with Gasteiger partial charge in [0.2, 0.25) is 10.0 Å². The summed E-state index contributed by atoms with van der Waals surface area (Å²) in [5, 5.41) is 8.97. The van der Waals surface area contributed by atoms with Gasteiger partial charge in [-0.25, -0.2) is 8.42 Å². The van der Waals surface area contributed by atoms with E-state index in [1.165, 1.54) is 10.4 Å². The van der Waals surface area contributed by atoms with Crippen LogP contribution in [0.5, 0.6) is 0 Å². The highest BCUT2D eigenvalue weighted by atomic mass is 32.2. The number of rotatable bonds is 3. The average molecular weight is 269 g/mol. The predicted octanol–water partition coefficient (Wildman–Crippen LogP) is 1.09. The van der Waals surface area contributed by atoms with Crippen molar-refractivity contribution in [2.75, 3.05) is 13.1 Å². The fourth-order valence-electron chi connectivity index (χ4n) is 1.96. The van der Waals surface area contributed by atoms with Gasteiger partial charge < -0.3 is 5.11 Å². The van der Waals surface area contributed by atoms with E-state index >= 15 is 0 Å². The van der Waals surface area contributed by atoms with Gasteiger partial charge in [0.05, 0.1) is 10.3 Å². The minimum Gasteiger partial charge on any atom is -0.481 e. The molecule has 1 aliphatic heterocycles. The Hall–Kier alpha value is -1.40. The Morgan fingerprint density at radius 3 is 2.50 bits per heavy atom. The van der Waals surface area contributed by atoms with E-state index in [1.54, 1.807) is 19.1 Å². The normalized spacial score (nSPS) is 19.2. The third kappa shape index (κ3) is 2.02. The molecule has 18 heavy (non-hydrogen) atoms. The lowest BCUT2D eigenvalue weighted by Gasteiger charge is -2.43. The van der Waals surface area contributed by atoms with E-state index in [9.17, 15) is 13.2 Å². The van der Waals surface area contributed by atoms with Crippen LogP contribution in [-0.2, 0) is 14.8 Å². The number of aliphatic carboxylic acids is 1. The van der Waals surface area contributed by atoms with Crippen LogP contribution >= 0.6 is 0 Å². The van der Waals surface area contributed by atoms with Crippen LogP contribution in [0.2, 0.25) is 0 Å². The molecule has 0 radical (unpaired) electrons. The van der Waals surface area contributed by atoms with Gasteiger partial charge in [0.25, 0.3) is 0 Å². The quantitative estimate of drug-likeness (QED) is 0.891. The van der Waals surface area contributed by atoms with Gasteiger partial charge in [0.1, 0.15) is 0 Å². The first-order valence-electron chi connectivity index (χ1n) is 5.56. The van der Waals surface area contributed by atoms with Crippen LogP contribution in [0.4, 0.5) is 0 Å². The van der Waals surface area contributed by atoms with Gasteiger partial charge in [0.15, 0.2) is 0 Å². The van der Waals surface area contributed by atoms with Crippen molar-refractivity contribution >= 4 is 16.0 Å². The zero-order chi connectivity index (χ0) is 13.6. The number of benzene rings is 1. The highest BCUT2D eigenvalue weighted by Crippen LogP contribution is 2.34. The van der Waals surface area contributed by atoms with Crippen LogP contribution < -0.4 is 0 Å². The van der Waals surface area contributed by atoms with Gasteiger partial charge in [0, 0.05) is 13.1 Å². The highest BCUT2D eigenvalue weighted by molar-refractivity contribution is 7.89. The molecular weight excluding hydrogens is 254 g/mol. The zero-order valence-electron chi connectivity index (χ0n) is 10.3. The minimum absolute atomic E-state index is 0.0264. The average Bonchev–Trinajstić information content (AvgIpc) is 2.24. The second kappa shape index (κ2) is 4.07. The molecule has 1 aliphatic rings. The Labute approximate surface area is 106 Å². The number of carboxylic acids is 1. The van der Waals surface area contributed by atoms with Crippen molar-refractivity contribution in [3.8, 4) is 0 Å². The first-order valence-corrected chi connectivity index (χ1v) is 7.00. The molecule has 0 aliphatic carbocycles. The molecule has 0 unspecified atom stereocenters. The van der Waals surface area contributed by atoms with Gasteiger partial charge in [-0.05, 0) is 31.5 Å². The Kier molecular flexibility index (Phi) is 2.95. The van der Waals surface area contributed by atoms with E-state index in [2.05, 4.69) is 0 Å². The molecule has 0 atom stereocenters. The summed E-state index contributed by atoms with van der Waals surface area (Å²) in [6, 6.07) is 6.61. The molecule has 1 fully saturated rings. The number of carbonyl (C=O) groups is 1. The molecule has 1 aromatic carbocycles. The number of hydrogen-bond donors (Lipinski definition) is 1. The summed E-state index contributed by atoms with van der Waals surface area (Å²) in [5.41, 5.74) is -0.103. The molecule has 5 nitrogen and oxygen atoms in total. The SMILES string of the molecule is Cc1cccc(S(=O)(=O)N2CC(C)(C(=O)O)C2)c1. The fraction of sp³-hybridized carbons (Fsp3) is 0.417. The van der Waals surface area contributed by atoms with Gasteiger partial charge in [-0.15, -0.1) is 0 Å². The maximum Gasteiger partial charge on any atom is 0.312 e. The molecule has 1 saturated heterocycles. The van der Waals surface area contributed by atoms with Crippen molar-refractivity contribution in [2.45, 2.75) is 18.7 Å². The maximum absolute atomic E-state index is 12.2. The second-order valence-corrected chi connectivity index (χ2v) is 6.89. The number of hydrogen-bond acceptors (Lipinski definition) is 3. The molecule has 0 spiro atoms. The Morgan fingerprint density at radius 1 is 1.39 bits per heavy atom. The van der Waals surface area contributed by atoms with Crippen LogP contribution in [-0.4, -0.2) is 36.9 Å². The summed E-state index contributed by atoms with van der Waals surface area (Å²) in [6.07, 6.45) is 0. The topological polar surface area (TPSA) is 74.7 Å². The van der Waals surface area contributed by atoms with E-state index in [1.807, 2.05) is 13.0 Å². The lowest BCUT2D eigenvalue weighted by Crippen LogP contribution is -2.60. The van der Waals surface area contributed by atoms with Crippen molar-refractivity contribution in [3.05, 3.63) is 29.8 Å². The molecule has 0 saturated carbocycles. The lowest BCUT2D eigenvalue weighted by atomic mass is 9.84. The number of carboxylic acid groups (broad SMARTS) is 1. The Morgan fingerprint density at radius 2 is 2.00 bits per heavy atom. The standard InChI is InChI=1S/C12H15NO4S/c1-9-4-3-5-10(6-9)18(16,17)13-7-12(2,8-13)11(14)15/h3-6H,7-8H2,1-2H3,(H,14,15). The molecule has 1 aromatic rings. The molecule has 98 valence electrons. The van der Waals surface area contributed by atoms with Crippen LogP contribution in [0, 0.1) is 12.3 Å². The largest absolute Gasteiger partial charge is 0.481 e. The van der Waals surface area contributed by atoms with E-state index in [0.29, 0.717) is 0 Å². The van der Waals surface area contributed by atoms with E-state index in [-0.39, 0.29) is 18.0 Å². The van der Waals surface area contributed by atoms with Crippen LogP contribution in [0.15, 0.2) is 29.2 Å². The number of nitrogens with zero attached hydrogens (tertiary/aromatic N) is 1. The molecule has 1 heterocycles. The van der Waals surface area contributed by atoms with Crippen molar-refractivity contribution in [1.82, 2.24) is 4.31 Å². The summed E-state index contributed by atoms with van der Waals surface area (Å²) in [4.78, 5) is 11.2. The van der Waals surface area contributed by atoms with Crippen molar-refractivity contribution in [2.24, 2.45) is 5.41 Å². The monoisotopic (exact) mass is 269 g/mol. The third-order valence-corrected chi connectivity index (χ3v) is 4.98. The van der Waals surface area contributed by atoms with Crippen LogP contribution in [0.25, 0.3) is 0 Å². The molecule has 1 N–H and O–H groups in total. The number of sulfonamides is 1. The summed E-state index contributed by atoms with van der Waals surface area (Å²) in [5.74, 6) is -0.960. The first-order chi connectivity index (χ1) is 8.25. The summed E-state index contributed by atoms with van der Waals surface area (Å²) in [7, 11) is -3.56. The molecule has 0 bridgehead atoms. The predicted molar refractivity (Wildman–Crippen MR) is 65.7 cm³/mol. The Bertz CT molecular complexity index is 588. The zero-order valence-corrected chi connectivity index (χ0v) is 11.1. The van der Waals surface area contributed by atoms with Gasteiger partial charge in [-0.2, -0.15) is 4.31 Å². The second-order valence-electron chi connectivity index (χ2n) is 4.96. The van der Waals surface area contributed by atoms with Crippen LogP contribution in [0.1, 0.15) is 12.5 Å². The molecule has 0 amide bonds. The van der Waals surface area contributed by atoms with E-state index < -0.39 is 21.4 Å². The summed E-state index contributed by atoms with van der Waals surface area (Å²) in [6.45, 7) is 3.42. The summed E-state index contributed by atoms with van der Waals surface area (Å²) < 4.78 is 25.6. The van der Waals surface area contributed by atoms with Gasteiger partial charge >= 0.3 is 5.97 Å². The number of aryl methyl sites for hydroxylation is 1. The van der Waals surface area contributed by atoms with Crippen molar-refractivity contribution in [3.63, 3.8) is 0 Å². The van der Waals surface area contributed by atoms with Gasteiger partial charge in [-0.1, -0.05) is 12.1 Å². The van der Waals surface area contributed by atoms with Crippen molar-refractivity contribution < 1.29 is 18.3 Å². The highest BCUT2D eigenvalue weighted by Gasteiger charge is 2.50. The minimum atomic E-state index is -3.56. The fourth-order valence-corrected chi connectivity index (χ4v) is 3.76. The molecule has 6 heteroatoms. The molecule has 2 rings (SSSR count). The maximum atomic E-state index is 12.2. The van der Waals surface area contributed by atoms with Gasteiger partial charge in [-0.3, -0.25) is 4.79 Å². The lowest BCUT2D eigenvalue weighted by molar-refractivity contribution is -0.154. The summed E-state index contributed by atoms with van der Waals surface area (Å²) >= 11 is 0. The van der Waals surface area contributed by atoms with E-state index in [4.69, 9.17) is 5.11 Å². The Balaban J connectivity index is 2.23. The smallest absolute Gasteiger partial charge is 0.312 e. The van der Waals surface area contributed by atoms with Crippen molar-refractivity contribution in [1.29, 1.82) is 0 Å².